The minimum absolute atomic E-state index is 0.143. The number of hydrogen-bond acceptors (Lipinski definition) is 6. The van der Waals surface area contributed by atoms with Gasteiger partial charge in [0, 0.05) is 32.9 Å². The summed E-state index contributed by atoms with van der Waals surface area (Å²) in [4.78, 5) is 13.0. The molecule has 0 aliphatic carbocycles. The number of thiophene rings is 1. The van der Waals surface area contributed by atoms with Crippen molar-refractivity contribution in [2.45, 2.75) is 13.0 Å². The van der Waals surface area contributed by atoms with E-state index >= 15 is 0 Å². The molecule has 0 aliphatic heterocycles. The second-order valence-electron chi connectivity index (χ2n) is 5.67. The average molecular weight is 452 g/mol. The highest BCUT2D eigenvalue weighted by Crippen LogP contribution is 2.24. The summed E-state index contributed by atoms with van der Waals surface area (Å²) >= 11 is 13.2. The fourth-order valence-corrected chi connectivity index (χ4v) is 4.62. The Bertz CT molecular complexity index is 878. The molecule has 1 aromatic carbocycles. The van der Waals surface area contributed by atoms with Gasteiger partial charge in [-0.2, -0.15) is 4.31 Å². The van der Waals surface area contributed by atoms with Gasteiger partial charge in [-0.25, -0.2) is 8.42 Å². The summed E-state index contributed by atoms with van der Waals surface area (Å²) in [5.74, 6) is 0.134. The van der Waals surface area contributed by atoms with Crippen molar-refractivity contribution >= 4 is 50.5 Å². The zero-order chi connectivity index (χ0) is 20.0. The van der Waals surface area contributed by atoms with Gasteiger partial charge in [-0.05, 0) is 30.3 Å². The van der Waals surface area contributed by atoms with Crippen LogP contribution in [0, 0.1) is 0 Å². The summed E-state index contributed by atoms with van der Waals surface area (Å²) in [5, 5.41) is 0.878. The standard InChI is InChI=1S/C17H19Cl2NO5S2/c1-24-17(21)10-15-3-4-16(26-15)11-20(27(2,22)23)5-6-25-14-8-12(18)7-13(19)9-14/h3-4,7-9H,5-6,10-11H2,1-2H3. The highest BCUT2D eigenvalue weighted by Gasteiger charge is 2.18. The molecule has 10 heteroatoms. The number of ether oxygens (including phenoxy) is 2. The van der Waals surface area contributed by atoms with Crippen LogP contribution >= 0.6 is 34.5 Å². The first-order chi connectivity index (χ1) is 12.7. The minimum atomic E-state index is -3.44. The van der Waals surface area contributed by atoms with Crippen molar-refractivity contribution in [3.63, 3.8) is 0 Å². The molecular weight excluding hydrogens is 433 g/mol. The smallest absolute Gasteiger partial charge is 0.310 e. The molecule has 0 saturated carbocycles. The molecule has 0 bridgehead atoms. The third kappa shape index (κ3) is 7.31. The Morgan fingerprint density at radius 2 is 1.78 bits per heavy atom. The lowest BCUT2D eigenvalue weighted by molar-refractivity contribution is -0.139. The van der Waals surface area contributed by atoms with Crippen LogP contribution in [0.4, 0.5) is 0 Å². The number of nitrogens with zero attached hydrogens (tertiary/aromatic N) is 1. The molecule has 0 saturated heterocycles. The maximum Gasteiger partial charge on any atom is 0.310 e. The Balaban J connectivity index is 1.98. The molecule has 0 amide bonds. The molecule has 2 aromatic rings. The van der Waals surface area contributed by atoms with Crippen molar-refractivity contribution in [2.24, 2.45) is 0 Å². The van der Waals surface area contributed by atoms with Gasteiger partial charge in [0.2, 0.25) is 10.0 Å². The van der Waals surface area contributed by atoms with E-state index in [1.807, 2.05) is 0 Å². The van der Waals surface area contributed by atoms with E-state index in [-0.39, 0.29) is 32.1 Å². The quantitative estimate of drug-likeness (QED) is 0.544. The first-order valence-electron chi connectivity index (χ1n) is 7.86. The Kier molecular flexibility index (Phi) is 7.93. The Hall–Kier alpha value is -1.32. The molecule has 0 unspecified atom stereocenters. The molecule has 0 fully saturated rings. The predicted molar refractivity (Wildman–Crippen MR) is 107 cm³/mol. The molecule has 1 heterocycles. The first-order valence-corrected chi connectivity index (χ1v) is 11.3. The number of rotatable bonds is 9. The summed E-state index contributed by atoms with van der Waals surface area (Å²) in [7, 11) is -2.11. The summed E-state index contributed by atoms with van der Waals surface area (Å²) < 4.78 is 35.7. The van der Waals surface area contributed by atoms with Crippen molar-refractivity contribution in [3.05, 3.63) is 50.1 Å². The summed E-state index contributed by atoms with van der Waals surface area (Å²) in [6.45, 7) is 0.502. The van der Waals surface area contributed by atoms with E-state index < -0.39 is 10.0 Å². The van der Waals surface area contributed by atoms with Crippen LogP contribution in [-0.2, 0) is 32.5 Å². The SMILES string of the molecule is COC(=O)Cc1ccc(CN(CCOc2cc(Cl)cc(Cl)c2)S(C)(=O)=O)s1. The second kappa shape index (κ2) is 9.75. The minimum Gasteiger partial charge on any atom is -0.492 e. The molecule has 0 atom stereocenters. The van der Waals surface area contributed by atoms with E-state index in [2.05, 4.69) is 4.74 Å². The summed E-state index contributed by atoms with van der Waals surface area (Å²) in [6.07, 6.45) is 1.31. The monoisotopic (exact) mass is 451 g/mol. The predicted octanol–water partition coefficient (Wildman–Crippen LogP) is 3.61. The van der Waals surface area contributed by atoms with Crippen molar-refractivity contribution < 1.29 is 22.7 Å². The number of esters is 1. The van der Waals surface area contributed by atoms with Gasteiger partial charge >= 0.3 is 5.97 Å². The number of hydrogen-bond donors (Lipinski definition) is 0. The maximum atomic E-state index is 12.1. The van der Waals surface area contributed by atoms with E-state index in [9.17, 15) is 13.2 Å². The Labute approximate surface area is 172 Å². The van der Waals surface area contributed by atoms with Crippen LogP contribution in [0.1, 0.15) is 9.75 Å². The average Bonchev–Trinajstić information content (AvgIpc) is 2.99. The van der Waals surface area contributed by atoms with E-state index in [0.717, 1.165) is 16.0 Å². The lowest BCUT2D eigenvalue weighted by Gasteiger charge is -2.19. The molecule has 0 spiro atoms. The zero-order valence-corrected chi connectivity index (χ0v) is 17.9. The van der Waals surface area contributed by atoms with Crippen molar-refractivity contribution in [1.29, 1.82) is 0 Å². The van der Waals surface area contributed by atoms with Crippen LogP contribution in [0.5, 0.6) is 5.75 Å². The van der Waals surface area contributed by atoms with Crippen LogP contribution in [0.3, 0.4) is 0 Å². The lowest BCUT2D eigenvalue weighted by Crippen LogP contribution is -2.33. The highest BCUT2D eigenvalue weighted by molar-refractivity contribution is 7.88. The Morgan fingerprint density at radius 3 is 2.37 bits per heavy atom. The number of halogens is 2. The molecule has 0 aliphatic rings. The molecule has 27 heavy (non-hydrogen) atoms. The highest BCUT2D eigenvalue weighted by atomic mass is 35.5. The molecule has 2 rings (SSSR count). The van der Waals surface area contributed by atoms with Gasteiger partial charge in [0.15, 0.2) is 0 Å². The largest absolute Gasteiger partial charge is 0.492 e. The number of carbonyl (C=O) groups is 1. The van der Waals surface area contributed by atoms with Crippen LogP contribution in [-0.4, -0.2) is 45.2 Å². The molecule has 6 nitrogen and oxygen atoms in total. The van der Waals surface area contributed by atoms with Crippen molar-refractivity contribution in [2.75, 3.05) is 26.5 Å². The van der Waals surface area contributed by atoms with Crippen molar-refractivity contribution in [1.82, 2.24) is 4.31 Å². The third-order valence-electron chi connectivity index (χ3n) is 3.51. The van der Waals surface area contributed by atoms with Crippen LogP contribution in [0.15, 0.2) is 30.3 Å². The van der Waals surface area contributed by atoms with Gasteiger partial charge in [-0.15, -0.1) is 11.3 Å². The van der Waals surface area contributed by atoms with Gasteiger partial charge in [0.05, 0.1) is 19.8 Å². The van der Waals surface area contributed by atoms with Gasteiger partial charge in [-0.1, -0.05) is 23.2 Å². The summed E-state index contributed by atoms with van der Waals surface area (Å²) in [6, 6.07) is 8.40. The number of carbonyl (C=O) groups excluding carboxylic acids is 1. The van der Waals surface area contributed by atoms with Gasteiger partial charge in [0.1, 0.15) is 12.4 Å². The zero-order valence-electron chi connectivity index (χ0n) is 14.8. The topological polar surface area (TPSA) is 72.9 Å². The molecular formula is C17H19Cl2NO5S2. The second-order valence-corrected chi connectivity index (χ2v) is 9.78. The van der Waals surface area contributed by atoms with Crippen LogP contribution < -0.4 is 4.74 Å². The van der Waals surface area contributed by atoms with E-state index in [4.69, 9.17) is 27.9 Å². The fraction of sp³-hybridized carbons (Fsp3) is 0.353. The van der Waals surface area contributed by atoms with Gasteiger partial charge in [0.25, 0.3) is 0 Å². The number of benzene rings is 1. The number of methoxy groups -OCH3 is 1. The first kappa shape index (κ1) is 22.0. The Morgan fingerprint density at radius 1 is 1.15 bits per heavy atom. The molecule has 0 radical (unpaired) electrons. The van der Waals surface area contributed by atoms with E-state index in [0.29, 0.717) is 15.8 Å². The lowest BCUT2D eigenvalue weighted by atomic mass is 10.3. The molecule has 1 aromatic heterocycles. The maximum absolute atomic E-state index is 12.1. The van der Waals surface area contributed by atoms with Gasteiger partial charge in [-0.3, -0.25) is 4.79 Å². The fourth-order valence-electron chi connectivity index (χ4n) is 2.23. The van der Waals surface area contributed by atoms with E-state index in [1.54, 1.807) is 30.3 Å². The van der Waals surface area contributed by atoms with Crippen LogP contribution in [0.2, 0.25) is 10.0 Å². The third-order valence-corrected chi connectivity index (χ3v) is 6.27. The van der Waals surface area contributed by atoms with Crippen molar-refractivity contribution in [3.8, 4) is 5.75 Å². The molecule has 0 N–H and O–H groups in total. The van der Waals surface area contributed by atoms with Gasteiger partial charge < -0.3 is 9.47 Å². The van der Waals surface area contributed by atoms with Crippen LogP contribution in [0.25, 0.3) is 0 Å². The number of sulfonamides is 1. The molecule has 148 valence electrons. The normalized spacial score (nSPS) is 11.6. The summed E-state index contributed by atoms with van der Waals surface area (Å²) in [5.41, 5.74) is 0. The van der Waals surface area contributed by atoms with E-state index in [1.165, 1.54) is 22.8 Å².